The highest BCUT2D eigenvalue weighted by atomic mass is 16.5. The van der Waals surface area contributed by atoms with Crippen molar-refractivity contribution < 1.29 is 9.53 Å². The Bertz CT molecular complexity index is 552. The van der Waals surface area contributed by atoms with Crippen LogP contribution in [0.5, 0.6) is 0 Å². The van der Waals surface area contributed by atoms with E-state index in [0.717, 1.165) is 16.7 Å². The lowest BCUT2D eigenvalue weighted by molar-refractivity contribution is 0.0526. The number of aromatic nitrogens is 1. The molecule has 88 valence electrons. The standard InChI is InChI=1S/C13H14N2O2/c1-3-17-13(16)10-5-4-9-6-7-12(14-2)15-11(9)8-10/h4-8H,3H2,1-2H3,(H,14,15). The first-order valence-electron chi connectivity index (χ1n) is 5.50. The fourth-order valence-corrected chi connectivity index (χ4v) is 1.60. The molecule has 17 heavy (non-hydrogen) atoms. The van der Waals surface area contributed by atoms with Crippen LogP contribution in [0.4, 0.5) is 5.82 Å². The lowest BCUT2D eigenvalue weighted by Gasteiger charge is -2.05. The van der Waals surface area contributed by atoms with Crippen molar-refractivity contribution in [3.8, 4) is 0 Å². The fourth-order valence-electron chi connectivity index (χ4n) is 1.60. The molecule has 0 saturated heterocycles. The summed E-state index contributed by atoms with van der Waals surface area (Å²) in [5.74, 6) is 0.463. The van der Waals surface area contributed by atoms with Gasteiger partial charge in [-0.05, 0) is 31.2 Å². The van der Waals surface area contributed by atoms with Crippen LogP contribution in [0.2, 0.25) is 0 Å². The normalized spacial score (nSPS) is 10.2. The summed E-state index contributed by atoms with van der Waals surface area (Å²) in [6.45, 7) is 2.16. The third-order valence-electron chi connectivity index (χ3n) is 2.46. The average molecular weight is 230 g/mol. The molecule has 2 rings (SSSR count). The molecule has 1 heterocycles. The number of hydrogen-bond acceptors (Lipinski definition) is 4. The minimum Gasteiger partial charge on any atom is -0.462 e. The lowest BCUT2D eigenvalue weighted by atomic mass is 10.1. The van der Waals surface area contributed by atoms with E-state index >= 15 is 0 Å². The third kappa shape index (κ3) is 2.36. The van der Waals surface area contributed by atoms with Gasteiger partial charge in [0, 0.05) is 12.4 Å². The average Bonchev–Trinajstić information content (AvgIpc) is 2.37. The highest BCUT2D eigenvalue weighted by Gasteiger charge is 2.07. The second kappa shape index (κ2) is 4.82. The van der Waals surface area contributed by atoms with E-state index in [4.69, 9.17) is 4.74 Å². The van der Waals surface area contributed by atoms with Gasteiger partial charge in [-0.15, -0.1) is 0 Å². The monoisotopic (exact) mass is 230 g/mol. The minimum atomic E-state index is -0.314. The lowest BCUT2D eigenvalue weighted by Crippen LogP contribution is -2.04. The number of ether oxygens (including phenoxy) is 1. The summed E-state index contributed by atoms with van der Waals surface area (Å²) in [7, 11) is 1.81. The van der Waals surface area contributed by atoms with Gasteiger partial charge in [0.05, 0.1) is 17.7 Å². The van der Waals surface area contributed by atoms with E-state index < -0.39 is 0 Å². The molecule has 0 spiro atoms. The smallest absolute Gasteiger partial charge is 0.338 e. The number of fused-ring (bicyclic) bond motifs is 1. The third-order valence-corrected chi connectivity index (χ3v) is 2.46. The zero-order valence-corrected chi connectivity index (χ0v) is 9.86. The van der Waals surface area contributed by atoms with Gasteiger partial charge in [-0.1, -0.05) is 6.07 Å². The molecule has 0 bridgehead atoms. The van der Waals surface area contributed by atoms with Gasteiger partial charge in [0.1, 0.15) is 5.82 Å². The van der Waals surface area contributed by atoms with Crippen molar-refractivity contribution in [2.24, 2.45) is 0 Å². The number of rotatable bonds is 3. The molecular weight excluding hydrogens is 216 g/mol. The molecule has 0 fully saturated rings. The first-order chi connectivity index (χ1) is 8.24. The second-order valence-corrected chi connectivity index (χ2v) is 3.57. The zero-order valence-electron chi connectivity index (χ0n) is 9.86. The molecule has 4 nitrogen and oxygen atoms in total. The first kappa shape index (κ1) is 11.4. The summed E-state index contributed by atoms with van der Waals surface area (Å²) >= 11 is 0. The van der Waals surface area contributed by atoms with Gasteiger partial charge in [-0.3, -0.25) is 0 Å². The largest absolute Gasteiger partial charge is 0.462 e. The van der Waals surface area contributed by atoms with Crippen LogP contribution in [0.15, 0.2) is 30.3 Å². The van der Waals surface area contributed by atoms with Crippen LogP contribution < -0.4 is 5.32 Å². The van der Waals surface area contributed by atoms with Crippen LogP contribution in [-0.4, -0.2) is 24.6 Å². The van der Waals surface area contributed by atoms with Crippen LogP contribution in [0.1, 0.15) is 17.3 Å². The predicted octanol–water partition coefficient (Wildman–Crippen LogP) is 2.45. The number of hydrogen-bond donors (Lipinski definition) is 1. The number of benzene rings is 1. The Morgan fingerprint density at radius 2 is 2.12 bits per heavy atom. The molecule has 4 heteroatoms. The van der Waals surface area contributed by atoms with Gasteiger partial charge in [-0.25, -0.2) is 9.78 Å². The molecule has 0 unspecified atom stereocenters. The Morgan fingerprint density at radius 3 is 2.82 bits per heavy atom. The number of carbonyl (C=O) groups is 1. The molecule has 1 N–H and O–H groups in total. The Morgan fingerprint density at radius 1 is 1.35 bits per heavy atom. The molecular formula is C13H14N2O2. The van der Waals surface area contributed by atoms with Crippen molar-refractivity contribution >= 4 is 22.7 Å². The summed E-state index contributed by atoms with van der Waals surface area (Å²) in [4.78, 5) is 16.0. The van der Waals surface area contributed by atoms with Crippen LogP contribution in [-0.2, 0) is 4.74 Å². The topological polar surface area (TPSA) is 51.2 Å². The highest BCUT2D eigenvalue weighted by Crippen LogP contribution is 2.17. The molecule has 0 aliphatic rings. The molecule has 1 aromatic carbocycles. The van der Waals surface area contributed by atoms with Crippen molar-refractivity contribution in [2.45, 2.75) is 6.92 Å². The Hall–Kier alpha value is -2.10. The van der Waals surface area contributed by atoms with E-state index in [9.17, 15) is 4.79 Å². The maximum Gasteiger partial charge on any atom is 0.338 e. The van der Waals surface area contributed by atoms with Crippen LogP contribution >= 0.6 is 0 Å². The number of nitrogens with one attached hydrogen (secondary N) is 1. The second-order valence-electron chi connectivity index (χ2n) is 3.57. The van der Waals surface area contributed by atoms with Crippen molar-refractivity contribution in [1.82, 2.24) is 4.98 Å². The van der Waals surface area contributed by atoms with Crippen molar-refractivity contribution in [2.75, 3.05) is 19.0 Å². The van der Waals surface area contributed by atoms with Crippen molar-refractivity contribution in [3.05, 3.63) is 35.9 Å². The first-order valence-corrected chi connectivity index (χ1v) is 5.50. The SMILES string of the molecule is CCOC(=O)c1ccc2ccc(NC)nc2c1. The van der Waals surface area contributed by atoms with Crippen molar-refractivity contribution in [1.29, 1.82) is 0 Å². The molecule has 0 amide bonds. The fraction of sp³-hybridized carbons (Fsp3) is 0.231. The highest BCUT2D eigenvalue weighted by molar-refractivity contribution is 5.94. The van der Waals surface area contributed by atoms with E-state index in [1.807, 2.05) is 25.2 Å². The van der Waals surface area contributed by atoms with Crippen LogP contribution in [0, 0.1) is 0 Å². The van der Waals surface area contributed by atoms with Crippen LogP contribution in [0.25, 0.3) is 10.9 Å². The summed E-state index contributed by atoms with van der Waals surface area (Å²) in [5, 5.41) is 3.96. The summed E-state index contributed by atoms with van der Waals surface area (Å²) in [6, 6.07) is 9.22. The Balaban J connectivity index is 2.44. The molecule has 0 atom stereocenters. The summed E-state index contributed by atoms with van der Waals surface area (Å²) in [6.07, 6.45) is 0. The Kier molecular flexibility index (Phi) is 3.23. The van der Waals surface area contributed by atoms with E-state index in [0.29, 0.717) is 12.2 Å². The molecule has 0 saturated carbocycles. The van der Waals surface area contributed by atoms with E-state index in [2.05, 4.69) is 10.3 Å². The maximum absolute atomic E-state index is 11.6. The zero-order chi connectivity index (χ0) is 12.3. The Labute approximate surface area is 99.6 Å². The minimum absolute atomic E-state index is 0.314. The number of carbonyl (C=O) groups excluding carboxylic acids is 1. The number of nitrogens with zero attached hydrogens (tertiary/aromatic N) is 1. The quantitative estimate of drug-likeness (QED) is 0.823. The van der Waals surface area contributed by atoms with Gasteiger partial charge < -0.3 is 10.1 Å². The van der Waals surface area contributed by atoms with Crippen LogP contribution in [0.3, 0.4) is 0 Å². The molecule has 1 aromatic heterocycles. The molecule has 2 aromatic rings. The van der Waals surface area contributed by atoms with Gasteiger partial charge in [0.2, 0.25) is 0 Å². The predicted molar refractivity (Wildman–Crippen MR) is 67.2 cm³/mol. The number of esters is 1. The van der Waals surface area contributed by atoms with E-state index in [-0.39, 0.29) is 5.97 Å². The summed E-state index contributed by atoms with van der Waals surface area (Å²) in [5.41, 5.74) is 1.31. The van der Waals surface area contributed by atoms with Gasteiger partial charge in [0.15, 0.2) is 0 Å². The molecule has 0 aliphatic heterocycles. The molecule has 0 radical (unpaired) electrons. The van der Waals surface area contributed by atoms with Gasteiger partial charge in [0.25, 0.3) is 0 Å². The van der Waals surface area contributed by atoms with E-state index in [1.54, 1.807) is 19.1 Å². The number of pyridine rings is 1. The van der Waals surface area contributed by atoms with Crippen molar-refractivity contribution in [3.63, 3.8) is 0 Å². The number of anilines is 1. The summed E-state index contributed by atoms with van der Waals surface area (Å²) < 4.78 is 4.95. The maximum atomic E-state index is 11.6. The van der Waals surface area contributed by atoms with E-state index in [1.165, 1.54) is 0 Å². The molecule has 0 aliphatic carbocycles. The van der Waals surface area contributed by atoms with Gasteiger partial charge in [-0.2, -0.15) is 0 Å². The van der Waals surface area contributed by atoms with Gasteiger partial charge >= 0.3 is 5.97 Å².